The maximum absolute atomic E-state index is 12.3. The number of hydrogen-bond acceptors (Lipinski definition) is 6. The number of rotatable bonds is 10. The van der Waals surface area contributed by atoms with Crippen LogP contribution in [-0.4, -0.2) is 39.7 Å². The van der Waals surface area contributed by atoms with Crippen LogP contribution in [0, 0.1) is 0 Å². The van der Waals surface area contributed by atoms with Crippen molar-refractivity contribution >= 4 is 23.7 Å². The van der Waals surface area contributed by atoms with Crippen LogP contribution in [0.3, 0.4) is 0 Å². The van der Waals surface area contributed by atoms with Crippen molar-refractivity contribution in [1.82, 2.24) is 0 Å². The molecule has 0 aliphatic carbocycles. The monoisotopic (exact) mass is 408 g/mol. The Balaban J connectivity index is 2.13. The Morgan fingerprint density at radius 1 is 0.724 bits per heavy atom. The second-order valence-electron chi connectivity index (χ2n) is 5.60. The van der Waals surface area contributed by atoms with Gasteiger partial charge in [-0.25, -0.2) is 0 Å². The molecule has 0 aromatic heterocycles. The molecule has 6 nitrogen and oxygen atoms in total. The fourth-order valence-corrected chi connectivity index (χ4v) is 2.25. The Kier molecular flexibility index (Phi) is 3.80. The van der Waals surface area contributed by atoms with E-state index in [0.717, 1.165) is 36.4 Å². The normalized spacial score (nSPS) is 18.8. The van der Waals surface area contributed by atoms with Crippen molar-refractivity contribution in [2.24, 2.45) is 0 Å². The van der Waals surface area contributed by atoms with Gasteiger partial charge in [0.05, 0.1) is 51.0 Å². The number of carbonyl (C=O) groups is 2. The molecule has 2 aromatic rings. The summed E-state index contributed by atoms with van der Waals surface area (Å²) in [6.45, 7) is 0. The molecule has 0 bridgehead atoms. The number of methoxy groups -OCH3 is 4. The first-order chi connectivity index (χ1) is 18.6. The van der Waals surface area contributed by atoms with Gasteiger partial charge in [0.15, 0.2) is 34.6 Å². The fraction of sp³-hybridized carbons (Fsp3) is 0.217. The highest BCUT2D eigenvalue weighted by Gasteiger charge is 2.07. The zero-order chi connectivity index (χ0) is 31.2. The lowest BCUT2D eigenvalue weighted by molar-refractivity contribution is -0.121. The minimum absolute atomic E-state index is 0.250. The summed E-state index contributed by atoms with van der Waals surface area (Å²) in [4.78, 5) is 24.6. The Labute approximate surface area is 187 Å². The second-order valence-corrected chi connectivity index (χ2v) is 5.60. The molecule has 0 spiro atoms. The maximum Gasteiger partial charge on any atom is 0.163 e. The number of ketones is 2. The van der Waals surface area contributed by atoms with Gasteiger partial charge in [0.2, 0.25) is 0 Å². The van der Waals surface area contributed by atoms with Gasteiger partial charge in [-0.05, 0) is 47.5 Å². The van der Waals surface area contributed by atoms with Crippen LogP contribution >= 0.6 is 0 Å². The summed E-state index contributed by atoms with van der Waals surface area (Å²) in [5.74, 6) is -2.76. The predicted molar refractivity (Wildman–Crippen MR) is 112 cm³/mol. The topological polar surface area (TPSA) is 71.1 Å². The zero-order valence-electron chi connectivity index (χ0n) is 26.9. The van der Waals surface area contributed by atoms with Crippen LogP contribution in [0.2, 0.25) is 0 Å². The van der Waals surface area contributed by atoms with E-state index in [-0.39, 0.29) is 22.6 Å². The highest BCUT2D eigenvalue weighted by atomic mass is 16.5. The van der Waals surface area contributed by atoms with Crippen LogP contribution in [0.5, 0.6) is 23.0 Å². The summed E-state index contributed by atoms with van der Waals surface area (Å²) in [5, 5.41) is 0. The summed E-state index contributed by atoms with van der Waals surface area (Å²) < 4.78 is 106. The van der Waals surface area contributed by atoms with Gasteiger partial charge >= 0.3 is 0 Å². The van der Waals surface area contributed by atoms with Crippen molar-refractivity contribution in [2.75, 3.05) is 28.2 Å². The third kappa shape index (κ3) is 6.24. The van der Waals surface area contributed by atoms with E-state index in [1.165, 1.54) is 24.3 Å². The van der Waals surface area contributed by atoms with Gasteiger partial charge in [0.25, 0.3) is 0 Å². The van der Waals surface area contributed by atoms with E-state index < -0.39 is 57.6 Å². The van der Waals surface area contributed by atoms with Crippen LogP contribution in [0.4, 0.5) is 0 Å². The molecule has 0 amide bonds. The van der Waals surface area contributed by atoms with Gasteiger partial charge in [-0.1, -0.05) is 24.3 Å². The van der Waals surface area contributed by atoms with E-state index in [1.807, 2.05) is 0 Å². The molecular weight excluding hydrogens is 372 g/mol. The number of allylic oxidation sites excluding steroid dienone is 2. The average Bonchev–Trinajstić information content (AvgIpc) is 2.75. The van der Waals surface area contributed by atoms with Gasteiger partial charge in [0.1, 0.15) is 0 Å². The first kappa shape index (κ1) is 10.3. The van der Waals surface area contributed by atoms with E-state index in [2.05, 4.69) is 0 Å². The standard InChI is InChI=1S/C23H24O6/c1-26-20-11-7-16(13-22(20)28-3)5-9-18(24)15-19(25)10-6-17-8-12-21(27-2)23(14-17)29-4/h5-14H,15H2,1-4H3/b9-5+,10-6+/i1D3,2D3,3D3,4D3. The summed E-state index contributed by atoms with van der Waals surface area (Å²) in [6.07, 6.45) is 4.05. The molecule has 0 saturated carbocycles. The van der Waals surface area contributed by atoms with E-state index in [0.29, 0.717) is 0 Å². The molecule has 29 heavy (non-hydrogen) atoms. The maximum atomic E-state index is 12.3. The lowest BCUT2D eigenvalue weighted by Crippen LogP contribution is -2.02. The van der Waals surface area contributed by atoms with Crippen molar-refractivity contribution in [3.8, 4) is 23.0 Å². The molecule has 0 aliphatic rings. The first-order valence-electron chi connectivity index (χ1n) is 14.0. The summed E-state index contributed by atoms with van der Waals surface area (Å²) in [7, 11) is -11.6. The lowest BCUT2D eigenvalue weighted by atomic mass is 10.1. The smallest absolute Gasteiger partial charge is 0.163 e. The molecule has 0 N–H and O–H groups in total. The highest BCUT2D eigenvalue weighted by molar-refractivity contribution is 6.10. The van der Waals surface area contributed by atoms with E-state index >= 15 is 0 Å². The highest BCUT2D eigenvalue weighted by Crippen LogP contribution is 2.28. The largest absolute Gasteiger partial charge is 0.493 e. The third-order valence-electron chi connectivity index (χ3n) is 3.65. The third-order valence-corrected chi connectivity index (χ3v) is 3.65. The molecule has 0 aliphatic heterocycles. The van der Waals surface area contributed by atoms with Crippen LogP contribution in [0.1, 0.15) is 34.0 Å². The van der Waals surface area contributed by atoms with Crippen LogP contribution in [0.15, 0.2) is 48.6 Å². The van der Waals surface area contributed by atoms with E-state index in [9.17, 15) is 9.59 Å². The van der Waals surface area contributed by atoms with Gasteiger partial charge in [-0.2, -0.15) is 0 Å². The molecule has 0 unspecified atom stereocenters. The summed E-state index contributed by atoms with van der Waals surface area (Å²) >= 11 is 0. The van der Waals surface area contributed by atoms with E-state index in [4.69, 9.17) is 35.4 Å². The SMILES string of the molecule is [2H]C([2H])([2H])Oc1ccc(/C=C/C(=O)CC(=O)/C=C/c2ccc(OC([2H])([2H])[2H])c(OC([2H])([2H])[2H])c2)cc1OC([2H])([2H])[2H]. The molecule has 0 heterocycles. The summed E-state index contributed by atoms with van der Waals surface area (Å²) in [6, 6.07) is 7.30. The number of ether oxygens (including phenoxy) is 4. The average molecular weight is 409 g/mol. The number of carbonyl (C=O) groups excluding carboxylic acids is 2. The van der Waals surface area contributed by atoms with Crippen LogP contribution in [-0.2, 0) is 9.59 Å². The Morgan fingerprint density at radius 3 is 1.55 bits per heavy atom. The molecule has 0 radical (unpaired) electrons. The van der Waals surface area contributed by atoms with E-state index in [1.54, 1.807) is 0 Å². The van der Waals surface area contributed by atoms with Crippen molar-refractivity contribution in [3.05, 3.63) is 59.7 Å². The van der Waals surface area contributed by atoms with Gasteiger partial charge in [0, 0.05) is 0 Å². The van der Waals surface area contributed by atoms with Gasteiger partial charge in [-0.3, -0.25) is 9.59 Å². The van der Waals surface area contributed by atoms with Crippen LogP contribution < -0.4 is 18.9 Å². The minimum atomic E-state index is -2.91. The molecular formula is C23H24O6. The van der Waals surface area contributed by atoms with Crippen molar-refractivity contribution in [2.45, 2.75) is 6.42 Å². The molecule has 0 saturated heterocycles. The molecule has 2 rings (SSSR count). The molecule has 6 heteroatoms. The Hall–Kier alpha value is -3.54. The number of hydrogen-bond donors (Lipinski definition) is 0. The minimum Gasteiger partial charge on any atom is -0.493 e. The van der Waals surface area contributed by atoms with Crippen LogP contribution in [0.25, 0.3) is 12.2 Å². The zero-order valence-corrected chi connectivity index (χ0v) is 14.9. The molecule has 0 fully saturated rings. The lowest BCUT2D eigenvalue weighted by Gasteiger charge is -2.07. The molecule has 0 atom stereocenters. The number of benzene rings is 2. The first-order valence-corrected chi connectivity index (χ1v) is 8.05. The van der Waals surface area contributed by atoms with Crippen molar-refractivity contribution in [3.63, 3.8) is 0 Å². The summed E-state index contributed by atoms with van der Waals surface area (Å²) in [5.41, 5.74) is 0.499. The van der Waals surface area contributed by atoms with Gasteiger partial charge < -0.3 is 18.9 Å². The molecule has 152 valence electrons. The quantitative estimate of drug-likeness (QED) is 0.437. The Morgan fingerprint density at radius 2 is 1.14 bits per heavy atom. The predicted octanol–water partition coefficient (Wildman–Crippen LogP) is 3.98. The second kappa shape index (κ2) is 10.7. The Bertz CT molecular complexity index is 1200. The molecule has 2 aromatic carbocycles. The van der Waals surface area contributed by atoms with Crippen molar-refractivity contribution in [1.29, 1.82) is 0 Å². The van der Waals surface area contributed by atoms with Gasteiger partial charge in [-0.15, -0.1) is 0 Å². The fourth-order valence-electron chi connectivity index (χ4n) is 2.25. The van der Waals surface area contributed by atoms with Crippen molar-refractivity contribution < 1.29 is 45.0 Å².